The fourth-order valence-corrected chi connectivity index (χ4v) is 6.33. The Morgan fingerprint density at radius 2 is 0.750 bits per heavy atom. The van der Waals surface area contributed by atoms with E-state index >= 15 is 0 Å². The van der Waals surface area contributed by atoms with Gasteiger partial charge >= 0.3 is 0 Å². The van der Waals surface area contributed by atoms with Crippen molar-refractivity contribution in [2.45, 2.75) is 90.9 Å². The summed E-state index contributed by atoms with van der Waals surface area (Å²) in [6, 6.07) is 10.1. The predicted octanol–water partition coefficient (Wildman–Crippen LogP) is 1.76. The molecule has 4 unspecified atom stereocenters. The van der Waals surface area contributed by atoms with E-state index in [9.17, 15) is 0 Å². The summed E-state index contributed by atoms with van der Waals surface area (Å²) in [5.74, 6) is 2.33. The lowest BCUT2D eigenvalue weighted by Gasteiger charge is -2.47. The fraction of sp³-hybridized carbons (Fsp3) is 0.769. The molecule has 12 atom stereocenters. The summed E-state index contributed by atoms with van der Waals surface area (Å²) in [5, 5.41) is 7.49. The van der Waals surface area contributed by atoms with Crippen molar-refractivity contribution in [2.24, 2.45) is 58.4 Å². The molecule has 2 fully saturated rings. The maximum atomic E-state index is 6.45. The van der Waals surface area contributed by atoms with Crippen LogP contribution in [-0.4, -0.2) is 36.3 Å². The number of nitrogens with two attached hydrogens (primary N) is 4. The normalized spacial score (nSPS) is 45.1. The van der Waals surface area contributed by atoms with Gasteiger partial charge in [0.25, 0.3) is 0 Å². The number of hydrogen-bond donors (Lipinski definition) is 6. The number of nitrogens with one attached hydrogen (secondary N) is 2. The highest BCUT2D eigenvalue weighted by molar-refractivity contribution is 5.23. The number of benzene rings is 1. The van der Waals surface area contributed by atoms with Crippen LogP contribution in [0.2, 0.25) is 0 Å². The Morgan fingerprint density at radius 3 is 1.00 bits per heavy atom. The Balaban J connectivity index is 1.54. The zero-order valence-electron chi connectivity index (χ0n) is 21.0. The molecule has 1 aromatic carbocycles. The molecule has 6 nitrogen and oxygen atoms in total. The van der Waals surface area contributed by atoms with Gasteiger partial charge < -0.3 is 33.6 Å². The second-order valence-electron chi connectivity index (χ2n) is 11.1. The largest absolute Gasteiger partial charge is 0.327 e. The molecule has 2 aliphatic carbocycles. The lowest BCUT2D eigenvalue weighted by molar-refractivity contribution is 0.109. The van der Waals surface area contributed by atoms with E-state index in [0.29, 0.717) is 47.6 Å². The Hall–Kier alpha value is -1.02. The zero-order chi connectivity index (χ0) is 23.7. The van der Waals surface area contributed by atoms with Gasteiger partial charge in [0.2, 0.25) is 0 Å². The summed E-state index contributed by atoms with van der Waals surface area (Å²) in [4.78, 5) is 0. The van der Waals surface area contributed by atoms with Crippen molar-refractivity contribution in [1.82, 2.24) is 10.6 Å². The third-order valence-electron chi connectivity index (χ3n) is 9.23. The molecule has 0 aliphatic heterocycles. The van der Waals surface area contributed by atoms with Crippen LogP contribution in [0.15, 0.2) is 24.3 Å². The molecule has 0 bridgehead atoms. The molecule has 3 rings (SSSR count). The highest BCUT2D eigenvalue weighted by Crippen LogP contribution is 2.33. The lowest BCUT2D eigenvalue weighted by atomic mass is 9.67. The minimum atomic E-state index is 0.140. The molecule has 0 amide bonds. The van der Waals surface area contributed by atoms with Crippen LogP contribution < -0.4 is 33.6 Å². The summed E-state index contributed by atoms with van der Waals surface area (Å²) in [5.41, 5.74) is 28.4. The van der Waals surface area contributed by atoms with Crippen molar-refractivity contribution >= 4 is 0 Å². The first-order valence-electron chi connectivity index (χ1n) is 12.6. The molecule has 2 saturated carbocycles. The van der Waals surface area contributed by atoms with E-state index in [0.717, 1.165) is 13.1 Å². The van der Waals surface area contributed by atoms with Gasteiger partial charge in [-0.1, -0.05) is 65.8 Å². The minimum Gasteiger partial charge on any atom is -0.327 e. The number of rotatable bonds is 6. The first-order valence-corrected chi connectivity index (χ1v) is 12.6. The van der Waals surface area contributed by atoms with Gasteiger partial charge in [0.05, 0.1) is 0 Å². The first-order chi connectivity index (χ1) is 15.0. The average molecular weight is 445 g/mol. The van der Waals surface area contributed by atoms with Crippen molar-refractivity contribution in [3.8, 4) is 0 Å². The average Bonchev–Trinajstić information content (AvgIpc) is 2.79. The van der Waals surface area contributed by atoms with E-state index in [4.69, 9.17) is 22.9 Å². The van der Waals surface area contributed by atoms with E-state index in [2.05, 4.69) is 76.4 Å². The van der Waals surface area contributed by atoms with E-state index < -0.39 is 0 Å². The summed E-state index contributed by atoms with van der Waals surface area (Å²) < 4.78 is 0. The Bertz CT molecular complexity index is 631. The molecule has 2 aliphatic rings. The van der Waals surface area contributed by atoms with Crippen molar-refractivity contribution in [2.75, 3.05) is 0 Å². The van der Waals surface area contributed by atoms with Gasteiger partial charge in [-0.2, -0.15) is 0 Å². The molecule has 182 valence electrons. The van der Waals surface area contributed by atoms with Crippen LogP contribution in [0.25, 0.3) is 0 Å². The predicted molar refractivity (Wildman–Crippen MR) is 135 cm³/mol. The first kappa shape index (κ1) is 25.6. The Labute approximate surface area is 195 Å². The maximum Gasteiger partial charge on any atom is 0.0208 e. The molecular weight excluding hydrogens is 396 g/mol. The van der Waals surface area contributed by atoms with E-state index in [1.165, 1.54) is 11.1 Å². The fourth-order valence-electron chi connectivity index (χ4n) is 6.33. The second-order valence-corrected chi connectivity index (χ2v) is 11.1. The SMILES string of the molecule is CC1[C@@H](N)[C@@H](C)C(NCc2ccc(CNC3[C@@H](C)[C@@H](N)C(C)[C@@H](N)[C@H]3C)cc2)[C@@H](C)[C@H]1N. The summed E-state index contributed by atoms with van der Waals surface area (Å²) in [6.45, 7) is 15.0. The molecular formula is C26H48N6. The molecule has 0 spiro atoms. The maximum absolute atomic E-state index is 6.45. The van der Waals surface area contributed by atoms with Crippen molar-refractivity contribution in [3.05, 3.63) is 35.4 Å². The van der Waals surface area contributed by atoms with Crippen LogP contribution in [0.5, 0.6) is 0 Å². The van der Waals surface area contributed by atoms with Gasteiger partial charge in [0.1, 0.15) is 0 Å². The van der Waals surface area contributed by atoms with Gasteiger partial charge in [-0.05, 0) is 46.6 Å². The third kappa shape index (κ3) is 5.06. The van der Waals surface area contributed by atoms with Gasteiger partial charge in [0.15, 0.2) is 0 Å². The lowest BCUT2D eigenvalue weighted by Crippen LogP contribution is -2.62. The van der Waals surface area contributed by atoms with Crippen LogP contribution in [0.1, 0.15) is 52.7 Å². The molecule has 1 aromatic rings. The molecule has 10 N–H and O–H groups in total. The van der Waals surface area contributed by atoms with E-state index in [1.54, 1.807) is 0 Å². The molecule has 6 heteroatoms. The van der Waals surface area contributed by atoms with Crippen LogP contribution in [0, 0.1) is 35.5 Å². The summed E-state index contributed by atoms with van der Waals surface area (Å²) in [6.07, 6.45) is 0. The van der Waals surface area contributed by atoms with Gasteiger partial charge in [0, 0.05) is 49.3 Å². The quantitative estimate of drug-likeness (QED) is 0.397. The topological polar surface area (TPSA) is 128 Å². The van der Waals surface area contributed by atoms with Crippen molar-refractivity contribution < 1.29 is 0 Å². The van der Waals surface area contributed by atoms with Crippen LogP contribution in [-0.2, 0) is 13.1 Å². The second kappa shape index (κ2) is 10.5. The molecule has 0 aromatic heterocycles. The zero-order valence-corrected chi connectivity index (χ0v) is 21.0. The van der Waals surface area contributed by atoms with Gasteiger partial charge in [-0.3, -0.25) is 0 Å². The monoisotopic (exact) mass is 444 g/mol. The highest BCUT2D eigenvalue weighted by Gasteiger charge is 2.42. The molecule has 0 saturated heterocycles. The molecule has 0 heterocycles. The van der Waals surface area contributed by atoms with Gasteiger partial charge in [-0.25, -0.2) is 0 Å². The minimum absolute atomic E-state index is 0.140. The number of hydrogen-bond acceptors (Lipinski definition) is 6. The molecule has 32 heavy (non-hydrogen) atoms. The highest BCUT2D eigenvalue weighted by atomic mass is 15.0. The summed E-state index contributed by atoms with van der Waals surface area (Å²) >= 11 is 0. The van der Waals surface area contributed by atoms with Gasteiger partial charge in [-0.15, -0.1) is 0 Å². The van der Waals surface area contributed by atoms with Crippen LogP contribution >= 0.6 is 0 Å². The van der Waals surface area contributed by atoms with E-state index in [-0.39, 0.29) is 24.2 Å². The van der Waals surface area contributed by atoms with Crippen molar-refractivity contribution in [1.29, 1.82) is 0 Å². The smallest absolute Gasteiger partial charge is 0.0208 e. The standard InChI is InChI=1S/C26H48N6/c1-13-21(27)15(3)25(16(4)22(13)28)31-11-19-7-9-20(10-8-19)12-32-26-17(5)23(29)14(2)24(30)18(26)6/h7-10,13-18,21-26,31-32H,11-12,27-30H2,1-6H3/t13?,14?,15-,16+,17-,18+,21-,22+,23-,24+,25?,26?. The Kier molecular flexibility index (Phi) is 8.40. The molecule has 0 radical (unpaired) electrons. The Morgan fingerprint density at radius 1 is 0.500 bits per heavy atom. The third-order valence-corrected chi connectivity index (χ3v) is 9.23. The van der Waals surface area contributed by atoms with Crippen LogP contribution in [0.4, 0.5) is 0 Å². The van der Waals surface area contributed by atoms with E-state index in [1.807, 2.05) is 0 Å². The van der Waals surface area contributed by atoms with Crippen molar-refractivity contribution in [3.63, 3.8) is 0 Å². The summed E-state index contributed by atoms with van der Waals surface area (Å²) in [7, 11) is 0. The van der Waals surface area contributed by atoms with Crippen LogP contribution in [0.3, 0.4) is 0 Å².